The summed E-state index contributed by atoms with van der Waals surface area (Å²) in [5.74, 6) is -0.000267. The van der Waals surface area contributed by atoms with Crippen molar-refractivity contribution < 1.29 is 4.79 Å². The molecule has 3 aromatic rings. The molecule has 2 heterocycles. The summed E-state index contributed by atoms with van der Waals surface area (Å²) in [7, 11) is 2.08. The molecule has 2 aromatic carbocycles. The Balaban J connectivity index is 1.67. The number of carbonyl (C=O) groups is 1. The van der Waals surface area contributed by atoms with Crippen LogP contribution in [0, 0.1) is 0 Å². The highest BCUT2D eigenvalue weighted by atomic mass is 35.5. The van der Waals surface area contributed by atoms with Crippen LogP contribution in [0.4, 0.5) is 5.69 Å². The number of rotatable bonds is 3. The van der Waals surface area contributed by atoms with Gasteiger partial charge in [-0.3, -0.25) is 4.79 Å². The number of amides is 1. The van der Waals surface area contributed by atoms with Gasteiger partial charge in [0.1, 0.15) is 0 Å². The molecular formula is C21H19Cl2N3O. The summed E-state index contributed by atoms with van der Waals surface area (Å²) < 4.78 is 0. The lowest BCUT2D eigenvalue weighted by Gasteiger charge is -2.33. The summed E-state index contributed by atoms with van der Waals surface area (Å²) in [5.41, 5.74) is 4.75. The molecule has 1 aliphatic rings. The number of aromatic nitrogens is 1. The lowest BCUT2D eigenvalue weighted by molar-refractivity contribution is 0.102. The Morgan fingerprint density at radius 3 is 2.85 bits per heavy atom. The van der Waals surface area contributed by atoms with Gasteiger partial charge in [-0.25, -0.2) is 0 Å². The fraction of sp³-hybridized carbons (Fsp3) is 0.190. The summed E-state index contributed by atoms with van der Waals surface area (Å²) >= 11 is 12.7. The number of nitrogens with zero attached hydrogens (tertiary/aromatic N) is 1. The monoisotopic (exact) mass is 399 g/mol. The molecule has 1 aliphatic heterocycles. The van der Waals surface area contributed by atoms with Crippen molar-refractivity contribution >= 4 is 34.8 Å². The maximum Gasteiger partial charge on any atom is 0.257 e. The maximum atomic E-state index is 12.3. The topological polar surface area (TPSA) is 48.1 Å². The minimum atomic E-state index is -0.138. The van der Waals surface area contributed by atoms with Gasteiger partial charge in [0.05, 0.1) is 5.56 Å². The van der Waals surface area contributed by atoms with E-state index in [1.807, 2.05) is 24.3 Å². The summed E-state index contributed by atoms with van der Waals surface area (Å²) in [6.07, 6.45) is 3.41. The van der Waals surface area contributed by atoms with Crippen molar-refractivity contribution in [3.63, 3.8) is 0 Å². The van der Waals surface area contributed by atoms with Gasteiger partial charge in [-0.15, -0.1) is 0 Å². The molecule has 1 amide bonds. The zero-order valence-corrected chi connectivity index (χ0v) is 16.3. The summed E-state index contributed by atoms with van der Waals surface area (Å²) in [4.78, 5) is 17.5. The molecule has 0 fully saturated rings. The van der Waals surface area contributed by atoms with Crippen molar-refractivity contribution in [3.05, 3.63) is 87.2 Å². The number of likely N-dealkylation sites (N-methyl/N-ethyl adjacent to an activating group) is 1. The van der Waals surface area contributed by atoms with E-state index in [4.69, 9.17) is 23.2 Å². The van der Waals surface area contributed by atoms with Gasteiger partial charge >= 0.3 is 0 Å². The molecule has 1 atom stereocenters. The first-order chi connectivity index (χ1) is 13.0. The van der Waals surface area contributed by atoms with Crippen LogP contribution in [0.3, 0.4) is 0 Å². The average Bonchev–Trinajstić information content (AvgIpc) is 3.17. The fourth-order valence-electron chi connectivity index (χ4n) is 3.63. The van der Waals surface area contributed by atoms with E-state index < -0.39 is 0 Å². The molecule has 1 aromatic heterocycles. The molecular weight excluding hydrogens is 381 g/mol. The Kier molecular flexibility index (Phi) is 4.96. The van der Waals surface area contributed by atoms with E-state index in [1.165, 1.54) is 0 Å². The molecule has 27 heavy (non-hydrogen) atoms. The SMILES string of the molecule is CN1Cc2c(Cl)cc(Cl)cc2C(c2cccc(NC(=O)c3cc[nH]c3)c2)C1. The number of hydrogen-bond acceptors (Lipinski definition) is 2. The predicted molar refractivity (Wildman–Crippen MR) is 110 cm³/mol. The van der Waals surface area contributed by atoms with E-state index in [9.17, 15) is 4.79 Å². The second kappa shape index (κ2) is 7.39. The third kappa shape index (κ3) is 3.74. The second-order valence-corrected chi connectivity index (χ2v) is 7.73. The van der Waals surface area contributed by atoms with Crippen molar-refractivity contribution in [2.45, 2.75) is 12.5 Å². The molecule has 0 radical (unpaired) electrons. The van der Waals surface area contributed by atoms with E-state index in [2.05, 4.69) is 28.3 Å². The molecule has 2 N–H and O–H groups in total. The molecule has 138 valence electrons. The van der Waals surface area contributed by atoms with Gasteiger partial charge in [0.25, 0.3) is 5.91 Å². The van der Waals surface area contributed by atoms with Gasteiger partial charge in [0.2, 0.25) is 0 Å². The molecule has 1 unspecified atom stereocenters. The normalized spacial score (nSPS) is 16.8. The largest absolute Gasteiger partial charge is 0.367 e. The highest BCUT2D eigenvalue weighted by molar-refractivity contribution is 6.35. The molecule has 4 nitrogen and oxygen atoms in total. The standard InChI is InChI=1S/C21H19Cl2N3O/c1-26-11-18(17-8-15(22)9-20(23)19(17)12-26)13-3-2-4-16(7-13)25-21(27)14-5-6-24-10-14/h2-10,18,24H,11-12H2,1H3,(H,25,27). The van der Waals surface area contributed by atoms with E-state index in [0.717, 1.165) is 35.5 Å². The number of nitrogens with one attached hydrogen (secondary N) is 2. The highest BCUT2D eigenvalue weighted by Crippen LogP contribution is 2.38. The Morgan fingerprint density at radius 2 is 2.07 bits per heavy atom. The molecule has 0 saturated heterocycles. The number of benzene rings is 2. The summed E-state index contributed by atoms with van der Waals surface area (Å²) in [6, 6.07) is 13.5. The zero-order chi connectivity index (χ0) is 19.0. The van der Waals surface area contributed by atoms with Crippen molar-refractivity contribution in [2.75, 3.05) is 18.9 Å². The van der Waals surface area contributed by atoms with Crippen molar-refractivity contribution in [1.29, 1.82) is 0 Å². The van der Waals surface area contributed by atoms with Crippen LogP contribution in [0.25, 0.3) is 0 Å². The van der Waals surface area contributed by atoms with Crippen molar-refractivity contribution in [3.8, 4) is 0 Å². The van der Waals surface area contributed by atoms with Crippen LogP contribution in [0.1, 0.15) is 33.0 Å². The molecule has 4 rings (SSSR count). The van der Waals surface area contributed by atoms with Crippen LogP contribution < -0.4 is 5.32 Å². The fourth-order valence-corrected chi connectivity index (χ4v) is 4.20. The van der Waals surface area contributed by atoms with Crippen molar-refractivity contribution in [1.82, 2.24) is 9.88 Å². The van der Waals surface area contributed by atoms with Crippen molar-refractivity contribution in [2.24, 2.45) is 0 Å². The van der Waals surface area contributed by atoms with E-state index in [0.29, 0.717) is 15.6 Å². The van der Waals surface area contributed by atoms with Crippen LogP contribution in [0.15, 0.2) is 54.9 Å². The molecule has 0 aliphatic carbocycles. The number of halogens is 2. The van der Waals surface area contributed by atoms with Gasteiger partial charge in [0.15, 0.2) is 0 Å². The lowest BCUT2D eigenvalue weighted by Crippen LogP contribution is -2.31. The van der Waals surface area contributed by atoms with Crippen LogP contribution >= 0.6 is 23.2 Å². The minimum absolute atomic E-state index is 0.138. The van der Waals surface area contributed by atoms with Gasteiger partial charge in [-0.2, -0.15) is 0 Å². The molecule has 0 saturated carbocycles. The molecule has 0 bridgehead atoms. The zero-order valence-electron chi connectivity index (χ0n) is 14.8. The predicted octanol–water partition coefficient (Wildman–Crippen LogP) is 5.15. The van der Waals surface area contributed by atoms with Crippen LogP contribution in [-0.2, 0) is 6.54 Å². The van der Waals surface area contributed by atoms with Crippen LogP contribution in [-0.4, -0.2) is 29.4 Å². The maximum absolute atomic E-state index is 12.3. The first kappa shape index (κ1) is 18.1. The Morgan fingerprint density at radius 1 is 1.22 bits per heavy atom. The Labute approximate surface area is 168 Å². The first-order valence-electron chi connectivity index (χ1n) is 8.72. The van der Waals surface area contributed by atoms with Gasteiger partial charge in [0, 0.05) is 47.1 Å². The minimum Gasteiger partial charge on any atom is -0.367 e. The Hall–Kier alpha value is -2.27. The number of carbonyl (C=O) groups excluding carboxylic acids is 1. The molecule has 0 spiro atoms. The number of anilines is 1. The van der Waals surface area contributed by atoms with Gasteiger partial charge in [-0.1, -0.05) is 35.3 Å². The third-order valence-corrected chi connectivity index (χ3v) is 5.45. The van der Waals surface area contributed by atoms with E-state index in [-0.39, 0.29) is 11.8 Å². The number of H-pyrrole nitrogens is 1. The first-order valence-corrected chi connectivity index (χ1v) is 9.47. The highest BCUT2D eigenvalue weighted by Gasteiger charge is 2.27. The van der Waals surface area contributed by atoms with Crippen LogP contribution in [0.2, 0.25) is 10.0 Å². The van der Waals surface area contributed by atoms with Gasteiger partial charge < -0.3 is 15.2 Å². The molecule has 6 heteroatoms. The van der Waals surface area contributed by atoms with Gasteiger partial charge in [-0.05, 0) is 54.1 Å². The number of fused-ring (bicyclic) bond motifs is 1. The smallest absolute Gasteiger partial charge is 0.257 e. The quantitative estimate of drug-likeness (QED) is 0.639. The third-order valence-electron chi connectivity index (χ3n) is 4.90. The second-order valence-electron chi connectivity index (χ2n) is 6.88. The number of hydrogen-bond donors (Lipinski definition) is 2. The lowest BCUT2D eigenvalue weighted by atomic mass is 9.84. The van der Waals surface area contributed by atoms with E-state index in [1.54, 1.807) is 24.5 Å². The Bertz CT molecular complexity index is 985. The summed E-state index contributed by atoms with van der Waals surface area (Å²) in [6.45, 7) is 1.66. The van der Waals surface area contributed by atoms with Crippen LogP contribution in [0.5, 0.6) is 0 Å². The van der Waals surface area contributed by atoms with E-state index >= 15 is 0 Å². The summed E-state index contributed by atoms with van der Waals surface area (Å²) in [5, 5.41) is 4.30. The number of aromatic amines is 1. The average molecular weight is 400 g/mol.